The van der Waals surface area contributed by atoms with Gasteiger partial charge in [-0.1, -0.05) is 30.9 Å². The third kappa shape index (κ3) is 4.75. The molecule has 0 saturated heterocycles. The summed E-state index contributed by atoms with van der Waals surface area (Å²) in [7, 11) is 0. The van der Waals surface area contributed by atoms with Gasteiger partial charge in [0.25, 0.3) is 0 Å². The highest BCUT2D eigenvalue weighted by atomic mass is 16.3. The molecule has 0 saturated carbocycles. The van der Waals surface area contributed by atoms with Crippen LogP contribution >= 0.6 is 0 Å². The fourth-order valence-corrected chi connectivity index (χ4v) is 1.10. The molecule has 3 heteroatoms. The van der Waals surface area contributed by atoms with Crippen molar-refractivity contribution >= 4 is 6.08 Å². The Morgan fingerprint density at radius 3 is 1.65 bits per heavy atom. The molecule has 3 N–H and O–H groups in total. The van der Waals surface area contributed by atoms with E-state index in [9.17, 15) is 0 Å². The van der Waals surface area contributed by atoms with E-state index in [2.05, 4.69) is 6.58 Å². The highest BCUT2D eigenvalue weighted by Crippen LogP contribution is 2.14. The summed E-state index contributed by atoms with van der Waals surface area (Å²) in [6.45, 7) is 3.58. The lowest BCUT2D eigenvalue weighted by Gasteiger charge is -1.90. The molecule has 17 heavy (non-hydrogen) atoms. The van der Waals surface area contributed by atoms with Crippen molar-refractivity contribution < 1.29 is 15.3 Å². The summed E-state index contributed by atoms with van der Waals surface area (Å²) < 4.78 is 0. The van der Waals surface area contributed by atoms with Crippen LogP contribution in [0.2, 0.25) is 0 Å². The molecule has 2 rings (SSSR count). The van der Waals surface area contributed by atoms with Gasteiger partial charge in [-0.25, -0.2) is 0 Å². The molecule has 0 radical (unpaired) electrons. The molecular formula is C14H14O3. The van der Waals surface area contributed by atoms with Gasteiger partial charge in [0.15, 0.2) is 0 Å². The van der Waals surface area contributed by atoms with Crippen molar-refractivity contribution in [3.63, 3.8) is 0 Å². The molecule has 0 heterocycles. The molecule has 0 aromatic heterocycles. The van der Waals surface area contributed by atoms with E-state index in [0.29, 0.717) is 5.75 Å². The van der Waals surface area contributed by atoms with Crippen LogP contribution in [0.3, 0.4) is 0 Å². The first-order valence-corrected chi connectivity index (χ1v) is 5.01. The lowest BCUT2D eigenvalue weighted by atomic mass is 10.2. The highest BCUT2D eigenvalue weighted by Gasteiger charge is 1.85. The molecule has 0 bridgehead atoms. The van der Waals surface area contributed by atoms with Gasteiger partial charge in [0.05, 0.1) is 0 Å². The first-order chi connectivity index (χ1) is 8.11. The smallest absolute Gasteiger partial charge is 0.119 e. The molecule has 0 aliphatic carbocycles. The van der Waals surface area contributed by atoms with E-state index in [-0.39, 0.29) is 11.5 Å². The van der Waals surface area contributed by atoms with Crippen LogP contribution in [-0.4, -0.2) is 15.3 Å². The van der Waals surface area contributed by atoms with Crippen LogP contribution in [0.15, 0.2) is 55.1 Å². The Bertz CT molecular complexity index is 458. The molecular weight excluding hydrogens is 216 g/mol. The summed E-state index contributed by atoms with van der Waals surface area (Å²) in [6, 6.07) is 12.7. The van der Waals surface area contributed by atoms with Crippen molar-refractivity contribution in [2.45, 2.75) is 0 Å². The molecule has 0 atom stereocenters. The molecule has 2 aromatic carbocycles. The Morgan fingerprint density at radius 1 is 0.765 bits per heavy atom. The third-order valence-electron chi connectivity index (χ3n) is 1.96. The first-order valence-electron chi connectivity index (χ1n) is 5.01. The van der Waals surface area contributed by atoms with Gasteiger partial charge in [-0.2, -0.15) is 0 Å². The predicted molar refractivity (Wildman–Crippen MR) is 68.0 cm³/mol. The molecule has 2 aromatic rings. The van der Waals surface area contributed by atoms with Gasteiger partial charge in [-0.3, -0.25) is 0 Å². The molecule has 3 nitrogen and oxygen atoms in total. The van der Waals surface area contributed by atoms with E-state index in [1.54, 1.807) is 24.3 Å². The maximum absolute atomic E-state index is 8.82. The summed E-state index contributed by atoms with van der Waals surface area (Å²) in [4.78, 5) is 0. The lowest BCUT2D eigenvalue weighted by Crippen LogP contribution is -1.67. The van der Waals surface area contributed by atoms with Crippen molar-refractivity contribution in [1.82, 2.24) is 0 Å². The van der Waals surface area contributed by atoms with Gasteiger partial charge >= 0.3 is 0 Å². The second-order valence-corrected chi connectivity index (χ2v) is 3.32. The monoisotopic (exact) mass is 230 g/mol. The van der Waals surface area contributed by atoms with Crippen LogP contribution in [0, 0.1) is 0 Å². The summed E-state index contributed by atoms with van der Waals surface area (Å²) in [5, 5.41) is 26.1. The van der Waals surface area contributed by atoms with Crippen molar-refractivity contribution in [3.05, 3.63) is 60.7 Å². The van der Waals surface area contributed by atoms with Crippen molar-refractivity contribution in [1.29, 1.82) is 0 Å². The van der Waals surface area contributed by atoms with Gasteiger partial charge in [0.2, 0.25) is 0 Å². The summed E-state index contributed by atoms with van der Waals surface area (Å²) in [5.41, 5.74) is 1.02. The van der Waals surface area contributed by atoms with E-state index >= 15 is 0 Å². The fraction of sp³-hybridized carbons (Fsp3) is 0. The largest absolute Gasteiger partial charge is 0.508 e. The number of phenolic OH excluding ortho intramolecular Hbond substituents is 3. The van der Waals surface area contributed by atoms with Gasteiger partial charge < -0.3 is 15.3 Å². The normalized spacial score (nSPS) is 8.94. The second-order valence-electron chi connectivity index (χ2n) is 3.32. The average Bonchev–Trinajstić information content (AvgIpc) is 2.30. The van der Waals surface area contributed by atoms with Gasteiger partial charge in [0, 0.05) is 6.07 Å². The predicted octanol–water partition coefficient (Wildman–Crippen LogP) is 3.13. The quantitative estimate of drug-likeness (QED) is 0.705. The first kappa shape index (κ1) is 12.6. The average molecular weight is 230 g/mol. The standard InChI is InChI=1S/C8H8O.C6H6O2/c1-2-7-3-5-8(9)6-4-7;7-5-2-1-3-6(8)4-5/h2-6,9H,1H2;1-4,7-8H. The Balaban J connectivity index is 0.000000171. The highest BCUT2D eigenvalue weighted by molar-refractivity contribution is 5.47. The van der Waals surface area contributed by atoms with Gasteiger partial charge in [-0.05, 0) is 29.8 Å². The summed E-state index contributed by atoms with van der Waals surface area (Å²) in [5.74, 6) is 0.468. The Labute approximate surface area is 99.9 Å². The number of hydrogen-bond acceptors (Lipinski definition) is 3. The minimum Gasteiger partial charge on any atom is -0.508 e. The van der Waals surface area contributed by atoms with Gasteiger partial charge in [-0.15, -0.1) is 0 Å². The lowest BCUT2D eigenvalue weighted by molar-refractivity contribution is 0.450. The maximum atomic E-state index is 8.82. The van der Waals surface area contributed by atoms with E-state index < -0.39 is 0 Å². The number of benzene rings is 2. The van der Waals surface area contributed by atoms with Crippen LogP contribution in [-0.2, 0) is 0 Å². The van der Waals surface area contributed by atoms with Crippen LogP contribution in [0.5, 0.6) is 17.2 Å². The fourth-order valence-electron chi connectivity index (χ4n) is 1.10. The minimum atomic E-state index is 0.0880. The number of rotatable bonds is 1. The molecule has 0 amide bonds. The minimum absolute atomic E-state index is 0.0880. The zero-order chi connectivity index (χ0) is 12.7. The van der Waals surface area contributed by atoms with Crippen molar-refractivity contribution in [2.75, 3.05) is 0 Å². The topological polar surface area (TPSA) is 60.7 Å². The van der Waals surface area contributed by atoms with E-state index in [0.717, 1.165) is 5.56 Å². The molecule has 0 fully saturated rings. The molecule has 0 aliphatic heterocycles. The van der Waals surface area contributed by atoms with Crippen molar-refractivity contribution in [2.24, 2.45) is 0 Å². The third-order valence-corrected chi connectivity index (χ3v) is 1.96. The Morgan fingerprint density at radius 2 is 1.29 bits per heavy atom. The molecule has 0 spiro atoms. The molecule has 88 valence electrons. The summed E-state index contributed by atoms with van der Waals surface area (Å²) >= 11 is 0. The second kappa shape index (κ2) is 6.23. The molecule has 0 unspecified atom stereocenters. The van der Waals surface area contributed by atoms with E-state index in [1.807, 2.05) is 12.1 Å². The SMILES string of the molecule is C=Cc1ccc(O)cc1.Oc1cccc(O)c1. The van der Waals surface area contributed by atoms with Crippen LogP contribution in [0.4, 0.5) is 0 Å². The Hall–Kier alpha value is -2.42. The van der Waals surface area contributed by atoms with Crippen LogP contribution < -0.4 is 0 Å². The number of phenols is 3. The number of hydrogen-bond donors (Lipinski definition) is 3. The number of aromatic hydroxyl groups is 3. The molecule has 0 aliphatic rings. The Kier molecular flexibility index (Phi) is 4.63. The summed E-state index contributed by atoms with van der Waals surface area (Å²) in [6.07, 6.45) is 1.74. The zero-order valence-corrected chi connectivity index (χ0v) is 9.24. The van der Waals surface area contributed by atoms with E-state index in [1.165, 1.54) is 18.2 Å². The van der Waals surface area contributed by atoms with Gasteiger partial charge in [0.1, 0.15) is 17.2 Å². The van der Waals surface area contributed by atoms with Crippen LogP contribution in [0.1, 0.15) is 5.56 Å². The van der Waals surface area contributed by atoms with Crippen LogP contribution in [0.25, 0.3) is 6.08 Å². The van der Waals surface area contributed by atoms with Crippen molar-refractivity contribution in [3.8, 4) is 17.2 Å². The zero-order valence-electron chi connectivity index (χ0n) is 9.24. The van der Waals surface area contributed by atoms with E-state index in [4.69, 9.17) is 15.3 Å². The maximum Gasteiger partial charge on any atom is 0.119 e.